The first kappa shape index (κ1) is 16.6. The molecule has 1 aliphatic heterocycles. The van der Waals surface area contributed by atoms with Crippen LogP contribution in [0.25, 0.3) is 32.9 Å². The van der Waals surface area contributed by atoms with E-state index >= 15 is 0 Å². The molecule has 0 aliphatic carbocycles. The maximum atomic E-state index is 13.1. The summed E-state index contributed by atoms with van der Waals surface area (Å²) in [4.78, 5) is 27.3. The minimum absolute atomic E-state index is 0.263. The molecule has 0 unspecified atom stereocenters. The third kappa shape index (κ3) is 2.01. The molecule has 3 aromatic carbocycles. The lowest BCUT2D eigenvalue weighted by molar-refractivity contribution is 0.0694. The Kier molecular flexibility index (Phi) is 3.37. The molecule has 1 aromatic heterocycles. The molecule has 2 heterocycles. The molecule has 0 N–H and O–H groups in total. The molecule has 0 fully saturated rings. The highest BCUT2D eigenvalue weighted by atomic mass is 16.5. The van der Waals surface area contributed by atoms with Gasteiger partial charge in [0.1, 0.15) is 5.75 Å². The first-order valence-electron chi connectivity index (χ1n) is 9.04. The van der Waals surface area contributed by atoms with Gasteiger partial charge in [-0.1, -0.05) is 30.3 Å². The lowest BCUT2D eigenvalue weighted by Crippen LogP contribution is -2.24. The van der Waals surface area contributed by atoms with Gasteiger partial charge in [0.25, 0.3) is 11.8 Å². The Hall–Kier alpha value is -3.60. The van der Waals surface area contributed by atoms with E-state index in [1.807, 2.05) is 61.6 Å². The fourth-order valence-electron chi connectivity index (χ4n) is 4.18. The van der Waals surface area contributed by atoms with E-state index in [9.17, 15) is 9.59 Å². The van der Waals surface area contributed by atoms with E-state index in [4.69, 9.17) is 4.74 Å². The summed E-state index contributed by atoms with van der Waals surface area (Å²) in [5, 5.41) is 1.71. The summed E-state index contributed by atoms with van der Waals surface area (Å²) in [6.45, 7) is 0. The maximum Gasteiger partial charge on any atom is 0.262 e. The standard InChI is InChI=1S/C23H18N2O3/c1-24-17-10-9-14(28-3)11-16(17)19-18(24)12-15(13-7-5-4-6-8-13)20-21(19)23(27)25(2)22(20)26/h4-12H,1-3H3. The van der Waals surface area contributed by atoms with Crippen molar-refractivity contribution in [2.45, 2.75) is 0 Å². The van der Waals surface area contributed by atoms with Gasteiger partial charge < -0.3 is 9.30 Å². The maximum absolute atomic E-state index is 13.1. The third-order valence-electron chi connectivity index (χ3n) is 5.62. The van der Waals surface area contributed by atoms with Crippen molar-refractivity contribution >= 4 is 33.6 Å². The van der Waals surface area contributed by atoms with Crippen LogP contribution in [-0.2, 0) is 7.05 Å². The van der Waals surface area contributed by atoms with Crippen LogP contribution in [0.3, 0.4) is 0 Å². The Balaban J connectivity index is 2.01. The van der Waals surface area contributed by atoms with Gasteiger partial charge in [-0.15, -0.1) is 0 Å². The number of carbonyl (C=O) groups is 2. The van der Waals surface area contributed by atoms with Crippen LogP contribution in [0, 0.1) is 0 Å². The summed E-state index contributed by atoms with van der Waals surface area (Å²) in [6.07, 6.45) is 0. The van der Waals surface area contributed by atoms with Crippen molar-refractivity contribution in [1.29, 1.82) is 0 Å². The van der Waals surface area contributed by atoms with Gasteiger partial charge in [0.15, 0.2) is 0 Å². The molecule has 138 valence electrons. The number of carbonyl (C=O) groups excluding carboxylic acids is 2. The van der Waals surface area contributed by atoms with Gasteiger partial charge in [-0.2, -0.15) is 0 Å². The number of rotatable bonds is 2. The summed E-state index contributed by atoms with van der Waals surface area (Å²) in [6, 6.07) is 17.5. The molecule has 5 nitrogen and oxygen atoms in total. The predicted octanol–water partition coefficient (Wildman–Crippen LogP) is 4.23. The van der Waals surface area contributed by atoms with Crippen LogP contribution in [0.2, 0.25) is 0 Å². The molecule has 0 saturated carbocycles. The SMILES string of the molecule is COc1ccc2c(c1)c1c3c(c(-c4ccccc4)cc1n2C)C(=O)N(C)C3=O. The van der Waals surface area contributed by atoms with Gasteiger partial charge in [0.05, 0.1) is 23.8 Å². The molecular weight excluding hydrogens is 352 g/mol. The van der Waals surface area contributed by atoms with Crippen LogP contribution < -0.4 is 4.74 Å². The van der Waals surface area contributed by atoms with Gasteiger partial charge in [-0.05, 0) is 35.4 Å². The number of aromatic nitrogens is 1. The fourth-order valence-corrected chi connectivity index (χ4v) is 4.18. The van der Waals surface area contributed by atoms with E-state index in [2.05, 4.69) is 4.57 Å². The van der Waals surface area contributed by atoms with Crippen molar-refractivity contribution < 1.29 is 14.3 Å². The first-order chi connectivity index (χ1) is 13.5. The Bertz CT molecular complexity index is 1300. The molecule has 0 atom stereocenters. The number of hydrogen-bond donors (Lipinski definition) is 0. The zero-order chi connectivity index (χ0) is 19.6. The van der Waals surface area contributed by atoms with Crippen molar-refractivity contribution in [2.24, 2.45) is 7.05 Å². The molecule has 5 rings (SSSR count). The highest BCUT2D eigenvalue weighted by molar-refractivity contribution is 6.32. The predicted molar refractivity (Wildman–Crippen MR) is 109 cm³/mol. The Morgan fingerprint density at radius 3 is 2.25 bits per heavy atom. The normalized spacial score (nSPS) is 13.6. The zero-order valence-electron chi connectivity index (χ0n) is 15.8. The number of benzene rings is 3. The van der Waals surface area contributed by atoms with E-state index in [1.165, 1.54) is 11.9 Å². The second-order valence-electron chi connectivity index (χ2n) is 7.05. The summed E-state index contributed by atoms with van der Waals surface area (Å²) in [7, 11) is 5.13. The van der Waals surface area contributed by atoms with Crippen LogP contribution in [0.5, 0.6) is 5.75 Å². The highest BCUT2D eigenvalue weighted by Crippen LogP contribution is 2.42. The van der Waals surface area contributed by atoms with E-state index in [-0.39, 0.29) is 11.8 Å². The molecule has 0 saturated heterocycles. The molecule has 28 heavy (non-hydrogen) atoms. The number of nitrogens with zero attached hydrogens (tertiary/aromatic N) is 2. The van der Waals surface area contributed by atoms with Crippen molar-refractivity contribution in [3.63, 3.8) is 0 Å². The number of aryl methyl sites for hydroxylation is 1. The van der Waals surface area contributed by atoms with Crippen molar-refractivity contribution in [3.8, 4) is 16.9 Å². The highest BCUT2D eigenvalue weighted by Gasteiger charge is 2.38. The van der Waals surface area contributed by atoms with E-state index in [1.54, 1.807) is 7.11 Å². The number of methoxy groups -OCH3 is 1. The Morgan fingerprint density at radius 2 is 1.54 bits per heavy atom. The lowest BCUT2D eigenvalue weighted by Gasteiger charge is -2.09. The monoisotopic (exact) mass is 370 g/mol. The molecule has 0 radical (unpaired) electrons. The van der Waals surface area contributed by atoms with Crippen LogP contribution in [0.1, 0.15) is 20.7 Å². The number of imide groups is 1. The lowest BCUT2D eigenvalue weighted by atomic mass is 9.93. The Morgan fingerprint density at radius 1 is 0.821 bits per heavy atom. The topological polar surface area (TPSA) is 51.5 Å². The van der Waals surface area contributed by atoms with Crippen LogP contribution in [0.4, 0.5) is 0 Å². The summed E-state index contributed by atoms with van der Waals surface area (Å²) in [5.74, 6) is 0.185. The molecule has 2 amide bonds. The molecule has 5 heteroatoms. The molecule has 0 bridgehead atoms. The minimum Gasteiger partial charge on any atom is -0.497 e. The number of amides is 2. The quantitative estimate of drug-likeness (QED) is 0.496. The summed E-state index contributed by atoms with van der Waals surface area (Å²) >= 11 is 0. The molecule has 0 spiro atoms. The average Bonchev–Trinajstić information content (AvgIpc) is 3.14. The van der Waals surface area contributed by atoms with Gasteiger partial charge in [-0.3, -0.25) is 14.5 Å². The molecular formula is C23H18N2O3. The third-order valence-corrected chi connectivity index (χ3v) is 5.62. The molecule has 1 aliphatic rings. The van der Waals surface area contributed by atoms with E-state index in [0.29, 0.717) is 16.9 Å². The van der Waals surface area contributed by atoms with Crippen LogP contribution in [0.15, 0.2) is 54.6 Å². The van der Waals surface area contributed by atoms with Gasteiger partial charge in [0, 0.05) is 30.4 Å². The molecule has 4 aromatic rings. The summed E-state index contributed by atoms with van der Waals surface area (Å²) < 4.78 is 7.45. The number of ether oxygens (including phenoxy) is 1. The van der Waals surface area contributed by atoms with Crippen molar-refractivity contribution in [1.82, 2.24) is 9.47 Å². The Labute approximate surface area is 161 Å². The number of fused-ring (bicyclic) bond motifs is 5. The van der Waals surface area contributed by atoms with E-state index < -0.39 is 0 Å². The second kappa shape index (κ2) is 5.70. The smallest absolute Gasteiger partial charge is 0.262 e. The number of hydrogen-bond acceptors (Lipinski definition) is 3. The average molecular weight is 370 g/mol. The van der Waals surface area contributed by atoms with Gasteiger partial charge in [0.2, 0.25) is 0 Å². The first-order valence-corrected chi connectivity index (χ1v) is 9.04. The fraction of sp³-hybridized carbons (Fsp3) is 0.130. The van der Waals surface area contributed by atoms with Gasteiger partial charge >= 0.3 is 0 Å². The largest absolute Gasteiger partial charge is 0.497 e. The van der Waals surface area contributed by atoms with Crippen LogP contribution >= 0.6 is 0 Å². The van der Waals surface area contributed by atoms with Crippen LogP contribution in [-0.4, -0.2) is 35.4 Å². The minimum atomic E-state index is -0.266. The van der Waals surface area contributed by atoms with Crippen molar-refractivity contribution in [3.05, 3.63) is 65.7 Å². The summed E-state index contributed by atoms with van der Waals surface area (Å²) in [5.41, 5.74) is 4.54. The van der Waals surface area contributed by atoms with Crippen molar-refractivity contribution in [2.75, 3.05) is 14.2 Å². The van der Waals surface area contributed by atoms with Gasteiger partial charge in [-0.25, -0.2) is 0 Å². The zero-order valence-corrected chi connectivity index (χ0v) is 15.8. The van der Waals surface area contributed by atoms with E-state index in [0.717, 1.165) is 32.9 Å². The second-order valence-corrected chi connectivity index (χ2v) is 7.05.